The van der Waals surface area contributed by atoms with E-state index in [2.05, 4.69) is 10.3 Å². The molecule has 0 radical (unpaired) electrons. The molecule has 3 aromatic rings. The Morgan fingerprint density at radius 1 is 1.15 bits per heavy atom. The molecule has 3 heterocycles. The second-order valence-electron chi connectivity index (χ2n) is 5.64. The van der Waals surface area contributed by atoms with Gasteiger partial charge in [-0.2, -0.15) is 0 Å². The van der Waals surface area contributed by atoms with Gasteiger partial charge in [0, 0.05) is 24.4 Å². The van der Waals surface area contributed by atoms with Crippen LogP contribution in [0.4, 0.5) is 17.2 Å². The molecule has 0 fully saturated rings. The second-order valence-corrected chi connectivity index (χ2v) is 5.64. The molecule has 132 valence electrons. The number of nitrogens with zero attached hydrogens (tertiary/aromatic N) is 3. The number of ether oxygens (including phenoxy) is 2. The van der Waals surface area contributed by atoms with Crippen molar-refractivity contribution in [2.24, 2.45) is 0 Å². The van der Waals surface area contributed by atoms with Gasteiger partial charge in [0.05, 0.1) is 18.1 Å². The lowest BCUT2D eigenvalue weighted by atomic mass is 10.2. The van der Waals surface area contributed by atoms with E-state index in [1.807, 2.05) is 0 Å². The Hall–Kier alpha value is -3.62. The van der Waals surface area contributed by atoms with E-state index in [9.17, 15) is 14.9 Å². The lowest BCUT2D eigenvalue weighted by molar-refractivity contribution is -0.385. The zero-order valence-corrected chi connectivity index (χ0v) is 13.5. The van der Waals surface area contributed by atoms with Crippen LogP contribution in [0.1, 0.15) is 6.42 Å². The van der Waals surface area contributed by atoms with Crippen molar-refractivity contribution in [1.29, 1.82) is 0 Å². The highest BCUT2D eigenvalue weighted by atomic mass is 16.6. The van der Waals surface area contributed by atoms with Gasteiger partial charge in [0.2, 0.25) is 5.82 Å². The van der Waals surface area contributed by atoms with Gasteiger partial charge in [-0.15, -0.1) is 0 Å². The van der Waals surface area contributed by atoms with Crippen molar-refractivity contribution in [3.05, 3.63) is 63.1 Å². The van der Waals surface area contributed by atoms with Crippen molar-refractivity contribution in [2.45, 2.75) is 6.42 Å². The number of nitro groups is 1. The summed E-state index contributed by atoms with van der Waals surface area (Å²) in [6.07, 6.45) is 2.21. The minimum atomic E-state index is -0.752. The van der Waals surface area contributed by atoms with Gasteiger partial charge in [0.25, 0.3) is 0 Å². The first kappa shape index (κ1) is 15.9. The summed E-state index contributed by atoms with van der Waals surface area (Å²) in [6.45, 7) is 1.08. The Morgan fingerprint density at radius 2 is 1.96 bits per heavy atom. The van der Waals surface area contributed by atoms with E-state index in [0.717, 1.165) is 10.8 Å². The standard InChI is InChI=1S/C17H14N4O5/c22-17-15(21(23)24)16(19-14-4-1-2-7-20(14)17)18-11-5-6-12-13(10-11)26-9-3-8-25-12/h1-2,4-7,10,18H,3,8-9H2. The second kappa shape index (κ2) is 6.36. The average molecular weight is 354 g/mol. The monoisotopic (exact) mass is 354 g/mol. The first-order chi connectivity index (χ1) is 12.6. The maximum atomic E-state index is 12.5. The molecule has 0 atom stereocenters. The van der Waals surface area contributed by atoms with Crippen LogP contribution in [-0.2, 0) is 0 Å². The van der Waals surface area contributed by atoms with E-state index in [1.54, 1.807) is 36.4 Å². The van der Waals surface area contributed by atoms with E-state index in [1.165, 1.54) is 6.20 Å². The smallest absolute Gasteiger partial charge is 0.376 e. The molecule has 4 rings (SSSR count). The summed E-state index contributed by atoms with van der Waals surface area (Å²) in [5, 5.41) is 14.3. The predicted octanol–water partition coefficient (Wildman–Crippen LogP) is 2.51. The fraction of sp³-hybridized carbons (Fsp3) is 0.176. The zero-order valence-electron chi connectivity index (χ0n) is 13.5. The summed E-state index contributed by atoms with van der Waals surface area (Å²) in [4.78, 5) is 27.4. The molecule has 26 heavy (non-hydrogen) atoms. The highest BCUT2D eigenvalue weighted by Gasteiger charge is 2.24. The van der Waals surface area contributed by atoms with Crippen molar-refractivity contribution in [1.82, 2.24) is 9.38 Å². The maximum Gasteiger partial charge on any atom is 0.376 e. The number of rotatable bonds is 3. The van der Waals surface area contributed by atoms with Crippen LogP contribution in [0.5, 0.6) is 11.5 Å². The van der Waals surface area contributed by atoms with Crippen LogP contribution < -0.4 is 20.3 Å². The molecular formula is C17H14N4O5. The molecule has 0 bridgehead atoms. The molecule has 1 aromatic carbocycles. The Morgan fingerprint density at radius 3 is 2.77 bits per heavy atom. The van der Waals surface area contributed by atoms with E-state index in [-0.39, 0.29) is 5.82 Å². The van der Waals surface area contributed by atoms with Crippen LogP contribution in [0.15, 0.2) is 47.4 Å². The van der Waals surface area contributed by atoms with E-state index >= 15 is 0 Å². The summed E-state index contributed by atoms with van der Waals surface area (Å²) in [6, 6.07) is 9.97. The fourth-order valence-electron chi connectivity index (χ4n) is 2.71. The number of aromatic nitrogens is 2. The van der Waals surface area contributed by atoms with Crippen molar-refractivity contribution in [3.63, 3.8) is 0 Å². The van der Waals surface area contributed by atoms with Gasteiger partial charge in [-0.25, -0.2) is 4.98 Å². The molecule has 0 aliphatic carbocycles. The van der Waals surface area contributed by atoms with E-state index in [4.69, 9.17) is 9.47 Å². The summed E-state index contributed by atoms with van der Waals surface area (Å²) < 4.78 is 12.3. The van der Waals surface area contributed by atoms with Gasteiger partial charge in [-0.3, -0.25) is 19.3 Å². The third-order valence-corrected chi connectivity index (χ3v) is 3.90. The quantitative estimate of drug-likeness (QED) is 0.568. The normalized spacial score (nSPS) is 13.2. The highest BCUT2D eigenvalue weighted by molar-refractivity contribution is 5.69. The molecule has 9 heteroatoms. The van der Waals surface area contributed by atoms with Gasteiger partial charge in [-0.1, -0.05) is 6.07 Å². The molecule has 0 unspecified atom stereocenters. The summed E-state index contributed by atoms with van der Waals surface area (Å²) in [5.41, 5.74) is -0.567. The van der Waals surface area contributed by atoms with Crippen LogP contribution in [0, 0.1) is 10.1 Å². The number of nitrogens with one attached hydrogen (secondary N) is 1. The van der Waals surface area contributed by atoms with Crippen LogP contribution in [-0.4, -0.2) is 27.5 Å². The Balaban J connectivity index is 1.80. The maximum absolute atomic E-state index is 12.5. The molecule has 0 saturated heterocycles. The molecular weight excluding hydrogens is 340 g/mol. The number of hydrogen-bond donors (Lipinski definition) is 1. The van der Waals surface area contributed by atoms with Crippen molar-refractivity contribution in [2.75, 3.05) is 18.5 Å². The van der Waals surface area contributed by atoms with Gasteiger partial charge >= 0.3 is 11.2 Å². The van der Waals surface area contributed by atoms with Gasteiger partial charge in [0.1, 0.15) is 5.65 Å². The zero-order chi connectivity index (χ0) is 18.1. The Labute approximate surface area is 147 Å². The Kier molecular flexibility index (Phi) is 3.88. The van der Waals surface area contributed by atoms with Crippen molar-refractivity contribution < 1.29 is 14.4 Å². The van der Waals surface area contributed by atoms with Crippen molar-refractivity contribution >= 4 is 22.8 Å². The van der Waals surface area contributed by atoms with Gasteiger partial charge < -0.3 is 14.8 Å². The highest BCUT2D eigenvalue weighted by Crippen LogP contribution is 2.34. The minimum Gasteiger partial charge on any atom is -0.490 e. The molecule has 2 aromatic heterocycles. The molecule has 0 spiro atoms. The summed E-state index contributed by atoms with van der Waals surface area (Å²) in [7, 11) is 0. The Bertz CT molecular complexity index is 1060. The predicted molar refractivity (Wildman–Crippen MR) is 93.4 cm³/mol. The molecule has 9 nitrogen and oxygen atoms in total. The number of fused-ring (bicyclic) bond motifs is 2. The lowest BCUT2D eigenvalue weighted by Gasteiger charge is -2.11. The number of benzene rings is 1. The SMILES string of the molecule is O=c1c([N+](=O)[O-])c(Nc2ccc3c(c2)OCCCO3)nc2ccccn12. The first-order valence-corrected chi connectivity index (χ1v) is 7.96. The largest absolute Gasteiger partial charge is 0.490 e. The fourth-order valence-corrected chi connectivity index (χ4v) is 2.71. The van der Waals surface area contributed by atoms with Gasteiger partial charge in [0.15, 0.2) is 11.5 Å². The van der Waals surface area contributed by atoms with Crippen LogP contribution in [0.3, 0.4) is 0 Å². The summed E-state index contributed by atoms with van der Waals surface area (Å²) >= 11 is 0. The number of hydrogen-bond acceptors (Lipinski definition) is 7. The van der Waals surface area contributed by atoms with E-state index < -0.39 is 16.2 Å². The summed E-state index contributed by atoms with van der Waals surface area (Å²) in [5.74, 6) is 1.02. The molecule has 0 saturated carbocycles. The first-order valence-electron chi connectivity index (χ1n) is 7.96. The third kappa shape index (κ3) is 2.79. The molecule has 0 amide bonds. The number of anilines is 2. The number of pyridine rings is 1. The van der Waals surface area contributed by atoms with Crippen molar-refractivity contribution in [3.8, 4) is 11.5 Å². The molecule has 1 aliphatic rings. The van der Waals surface area contributed by atoms with E-state index in [0.29, 0.717) is 36.0 Å². The molecule has 1 N–H and O–H groups in total. The third-order valence-electron chi connectivity index (χ3n) is 3.90. The van der Waals surface area contributed by atoms with Gasteiger partial charge in [-0.05, 0) is 24.3 Å². The molecule has 1 aliphatic heterocycles. The van der Waals surface area contributed by atoms with Crippen LogP contribution in [0.25, 0.3) is 5.65 Å². The topological polar surface area (TPSA) is 108 Å². The van der Waals surface area contributed by atoms with Crippen LogP contribution >= 0.6 is 0 Å². The minimum absolute atomic E-state index is 0.124. The average Bonchev–Trinajstić information content (AvgIpc) is 2.86. The lowest BCUT2D eigenvalue weighted by Crippen LogP contribution is -2.20. The van der Waals surface area contributed by atoms with Crippen LogP contribution in [0.2, 0.25) is 0 Å².